The molecule has 0 spiro atoms. The van der Waals surface area contributed by atoms with E-state index in [0.29, 0.717) is 6.61 Å². The van der Waals surface area contributed by atoms with Crippen molar-refractivity contribution in [1.29, 1.82) is 0 Å². The average Bonchev–Trinajstić information content (AvgIpc) is 2.82. The van der Waals surface area contributed by atoms with E-state index in [0.717, 1.165) is 17.5 Å². The molecule has 3 heteroatoms. The minimum Gasteiger partial charge on any atom is -0.330 e. The predicted molar refractivity (Wildman–Crippen MR) is 86.7 cm³/mol. The van der Waals surface area contributed by atoms with E-state index in [1.165, 1.54) is 16.3 Å². The van der Waals surface area contributed by atoms with Gasteiger partial charge in [0.2, 0.25) is 6.29 Å². The molecule has 2 unspecified atom stereocenters. The van der Waals surface area contributed by atoms with Crippen molar-refractivity contribution in [3.05, 3.63) is 83.4 Å². The Kier molecular flexibility index (Phi) is 2.82. The second kappa shape index (κ2) is 4.90. The Morgan fingerprint density at radius 2 is 1.70 bits per heavy atom. The van der Waals surface area contributed by atoms with Crippen molar-refractivity contribution in [2.75, 3.05) is 6.61 Å². The van der Waals surface area contributed by atoms with E-state index in [-0.39, 0.29) is 0 Å². The summed E-state index contributed by atoms with van der Waals surface area (Å²) in [5.41, 5.74) is 2.84. The van der Waals surface area contributed by atoms with Crippen LogP contribution in [0.1, 0.15) is 29.4 Å². The SMILES string of the molecule is c1ccc(C23CCOOC(O2)c2cccc4cccc3c24)cc1. The fraction of sp³-hybridized carbons (Fsp3) is 0.200. The van der Waals surface area contributed by atoms with Crippen molar-refractivity contribution in [3.63, 3.8) is 0 Å². The van der Waals surface area contributed by atoms with E-state index in [9.17, 15) is 0 Å². The monoisotopic (exact) mass is 304 g/mol. The topological polar surface area (TPSA) is 27.7 Å². The van der Waals surface area contributed by atoms with Gasteiger partial charge in [-0.25, -0.2) is 4.89 Å². The summed E-state index contributed by atoms with van der Waals surface area (Å²) in [7, 11) is 0. The first-order chi connectivity index (χ1) is 11.4. The van der Waals surface area contributed by atoms with Crippen LogP contribution in [0.15, 0.2) is 66.7 Å². The zero-order valence-electron chi connectivity index (χ0n) is 12.6. The van der Waals surface area contributed by atoms with Crippen LogP contribution in [0.4, 0.5) is 0 Å². The van der Waals surface area contributed by atoms with Crippen molar-refractivity contribution >= 4 is 10.8 Å². The summed E-state index contributed by atoms with van der Waals surface area (Å²) in [5, 5.41) is 2.43. The lowest BCUT2D eigenvalue weighted by molar-refractivity contribution is -0.376. The molecule has 1 fully saturated rings. The lowest BCUT2D eigenvalue weighted by Gasteiger charge is -2.40. The van der Waals surface area contributed by atoms with Crippen molar-refractivity contribution in [2.45, 2.75) is 18.3 Å². The molecule has 0 aromatic heterocycles. The van der Waals surface area contributed by atoms with E-state index in [2.05, 4.69) is 54.6 Å². The molecular formula is C20H16O3. The Bertz CT molecular complexity index is 869. The molecule has 2 aliphatic heterocycles. The standard InChI is InChI=1S/C20H16O3/c1-2-8-15(9-3-1)20-12-13-21-23-19(22-20)16-10-4-6-14-7-5-11-17(20)18(14)16/h1-11,19H,12-13H2. The van der Waals surface area contributed by atoms with E-state index in [1.807, 2.05) is 12.1 Å². The second-order valence-electron chi connectivity index (χ2n) is 6.06. The first kappa shape index (κ1) is 13.3. The number of hydrogen-bond acceptors (Lipinski definition) is 3. The van der Waals surface area contributed by atoms with Crippen LogP contribution < -0.4 is 0 Å². The smallest absolute Gasteiger partial charge is 0.219 e. The van der Waals surface area contributed by atoms with Gasteiger partial charge in [-0.2, -0.15) is 4.89 Å². The van der Waals surface area contributed by atoms with E-state index < -0.39 is 11.9 Å². The summed E-state index contributed by atoms with van der Waals surface area (Å²) in [6.07, 6.45) is 0.220. The van der Waals surface area contributed by atoms with Crippen LogP contribution in [0.3, 0.4) is 0 Å². The molecule has 0 aliphatic carbocycles. The lowest BCUT2D eigenvalue weighted by atomic mass is 9.78. The predicted octanol–water partition coefficient (Wildman–Crippen LogP) is 4.46. The minimum absolute atomic E-state index is 0.496. The summed E-state index contributed by atoms with van der Waals surface area (Å²) in [5.74, 6) is 0. The second-order valence-corrected chi connectivity index (χ2v) is 6.06. The maximum absolute atomic E-state index is 6.49. The Labute approximate surface area is 134 Å². The molecule has 5 rings (SSSR count). The normalized spacial score (nSPS) is 26.0. The molecule has 1 saturated heterocycles. The average molecular weight is 304 g/mol. The zero-order valence-corrected chi connectivity index (χ0v) is 12.6. The Morgan fingerprint density at radius 1 is 0.870 bits per heavy atom. The molecule has 2 aliphatic rings. The lowest BCUT2D eigenvalue weighted by Crippen LogP contribution is -2.35. The number of ether oxygens (including phenoxy) is 1. The third-order valence-corrected chi connectivity index (χ3v) is 4.87. The summed E-state index contributed by atoms with van der Waals surface area (Å²) in [6.45, 7) is 0.496. The highest BCUT2D eigenvalue weighted by Gasteiger charge is 2.45. The van der Waals surface area contributed by atoms with Gasteiger partial charge in [0.15, 0.2) is 0 Å². The van der Waals surface area contributed by atoms with Gasteiger partial charge in [0.05, 0.1) is 6.61 Å². The number of fused-ring (bicyclic) bond motifs is 4. The maximum Gasteiger partial charge on any atom is 0.219 e. The largest absolute Gasteiger partial charge is 0.330 e. The zero-order chi connectivity index (χ0) is 15.3. The molecule has 3 aromatic carbocycles. The van der Waals surface area contributed by atoms with Gasteiger partial charge in [0.1, 0.15) is 5.60 Å². The molecule has 0 saturated carbocycles. The highest BCUT2D eigenvalue weighted by Crippen LogP contribution is 2.51. The molecule has 23 heavy (non-hydrogen) atoms. The van der Waals surface area contributed by atoms with Gasteiger partial charge in [-0.3, -0.25) is 0 Å². The van der Waals surface area contributed by atoms with Crippen molar-refractivity contribution < 1.29 is 14.5 Å². The van der Waals surface area contributed by atoms with Gasteiger partial charge in [-0.15, -0.1) is 0 Å². The number of benzene rings is 3. The molecule has 0 N–H and O–H groups in total. The summed E-state index contributed by atoms with van der Waals surface area (Å²) >= 11 is 0. The third kappa shape index (κ3) is 1.81. The van der Waals surface area contributed by atoms with Crippen molar-refractivity contribution in [1.82, 2.24) is 0 Å². The van der Waals surface area contributed by atoms with Gasteiger partial charge in [-0.05, 0) is 21.9 Å². The molecule has 2 bridgehead atoms. The van der Waals surface area contributed by atoms with Crippen LogP contribution in [-0.4, -0.2) is 6.61 Å². The minimum atomic E-state index is -0.531. The van der Waals surface area contributed by atoms with Crippen LogP contribution in [0.25, 0.3) is 10.8 Å². The molecule has 3 aromatic rings. The highest BCUT2D eigenvalue weighted by atomic mass is 17.2. The van der Waals surface area contributed by atoms with Gasteiger partial charge in [0, 0.05) is 12.0 Å². The molecule has 3 nitrogen and oxygen atoms in total. The van der Waals surface area contributed by atoms with Gasteiger partial charge >= 0.3 is 0 Å². The third-order valence-electron chi connectivity index (χ3n) is 4.87. The van der Waals surface area contributed by atoms with E-state index in [4.69, 9.17) is 14.5 Å². The fourth-order valence-electron chi connectivity index (χ4n) is 3.85. The summed E-state index contributed by atoms with van der Waals surface area (Å²) in [6, 6.07) is 23.0. The van der Waals surface area contributed by atoms with Crippen molar-refractivity contribution in [2.24, 2.45) is 0 Å². The molecule has 0 radical (unpaired) electrons. The van der Waals surface area contributed by atoms with Crippen LogP contribution >= 0.6 is 0 Å². The summed E-state index contributed by atoms with van der Waals surface area (Å²) in [4.78, 5) is 10.9. The molecule has 0 amide bonds. The molecule has 114 valence electrons. The first-order valence-electron chi connectivity index (χ1n) is 7.92. The quantitative estimate of drug-likeness (QED) is 0.621. The van der Waals surface area contributed by atoms with Crippen molar-refractivity contribution in [3.8, 4) is 0 Å². The summed E-state index contributed by atoms with van der Waals surface area (Å²) < 4.78 is 6.49. The van der Waals surface area contributed by atoms with Gasteiger partial charge in [-0.1, -0.05) is 66.7 Å². The molecule has 2 heterocycles. The molecule has 2 atom stereocenters. The fourth-order valence-corrected chi connectivity index (χ4v) is 3.85. The van der Waals surface area contributed by atoms with Crippen LogP contribution in [0.5, 0.6) is 0 Å². The van der Waals surface area contributed by atoms with E-state index >= 15 is 0 Å². The van der Waals surface area contributed by atoms with Crippen LogP contribution in [-0.2, 0) is 20.1 Å². The highest BCUT2D eigenvalue weighted by molar-refractivity contribution is 5.91. The van der Waals surface area contributed by atoms with E-state index in [1.54, 1.807) is 0 Å². The van der Waals surface area contributed by atoms with Gasteiger partial charge < -0.3 is 4.74 Å². The molecular weight excluding hydrogens is 288 g/mol. The maximum atomic E-state index is 6.49. The number of rotatable bonds is 1. The Morgan fingerprint density at radius 3 is 2.57 bits per heavy atom. The Balaban J connectivity index is 1.89. The van der Waals surface area contributed by atoms with Gasteiger partial charge in [0.25, 0.3) is 0 Å². The van der Waals surface area contributed by atoms with Crippen LogP contribution in [0.2, 0.25) is 0 Å². The number of hydrogen-bond donors (Lipinski definition) is 0. The Hall–Kier alpha value is -2.20. The first-order valence-corrected chi connectivity index (χ1v) is 7.92. The van der Waals surface area contributed by atoms with Crippen LogP contribution in [0, 0.1) is 0 Å².